The van der Waals surface area contributed by atoms with Gasteiger partial charge in [0.1, 0.15) is 0 Å². The van der Waals surface area contributed by atoms with Crippen LogP contribution in [0.1, 0.15) is 37.0 Å². The first-order valence-electron chi connectivity index (χ1n) is 10.5. The van der Waals surface area contributed by atoms with Crippen LogP contribution in [0.2, 0.25) is 0 Å². The zero-order chi connectivity index (χ0) is 21.3. The van der Waals surface area contributed by atoms with Gasteiger partial charge in [-0.15, -0.1) is 11.8 Å². The lowest BCUT2D eigenvalue weighted by atomic mass is 9.94. The molecule has 1 amide bonds. The molecule has 2 aliphatic heterocycles. The number of carbonyl (C=O) groups excluding carboxylic acids is 1. The van der Waals surface area contributed by atoms with Crippen molar-refractivity contribution in [2.24, 2.45) is 11.8 Å². The quantitative estimate of drug-likeness (QED) is 0.700. The lowest BCUT2D eigenvalue weighted by Gasteiger charge is -2.34. The number of sulfonamides is 1. The highest BCUT2D eigenvalue weighted by Crippen LogP contribution is 2.34. The minimum Gasteiger partial charge on any atom is -0.307 e. The molecular weight excluding hydrogens is 416 g/mol. The number of thioether (sulfide) groups is 1. The van der Waals surface area contributed by atoms with E-state index in [4.69, 9.17) is 0 Å². The molecule has 2 aromatic rings. The van der Waals surface area contributed by atoms with Crippen LogP contribution in [0.15, 0.2) is 58.3 Å². The highest BCUT2D eigenvalue weighted by molar-refractivity contribution is 7.99. The molecule has 30 heavy (non-hydrogen) atoms. The number of hydrogen-bond acceptors (Lipinski definition) is 4. The van der Waals surface area contributed by atoms with E-state index in [0.29, 0.717) is 37.0 Å². The summed E-state index contributed by atoms with van der Waals surface area (Å²) in [5.41, 5.74) is 1.31. The molecule has 1 fully saturated rings. The molecule has 1 saturated heterocycles. The second kappa shape index (κ2) is 8.73. The van der Waals surface area contributed by atoms with Gasteiger partial charge in [0, 0.05) is 30.1 Å². The van der Waals surface area contributed by atoms with Crippen molar-refractivity contribution in [1.82, 2.24) is 4.31 Å². The molecule has 0 aromatic heterocycles. The molecule has 0 bridgehead atoms. The summed E-state index contributed by atoms with van der Waals surface area (Å²) < 4.78 is 28.1. The third-order valence-electron chi connectivity index (χ3n) is 5.74. The molecular formula is C23H28N2O3S2. The van der Waals surface area contributed by atoms with Gasteiger partial charge in [0.2, 0.25) is 10.0 Å². The number of anilines is 1. The van der Waals surface area contributed by atoms with E-state index in [2.05, 4.69) is 13.8 Å². The topological polar surface area (TPSA) is 57.7 Å². The Bertz CT molecular complexity index is 1030. The largest absolute Gasteiger partial charge is 0.307 e. The molecule has 4 rings (SSSR count). The van der Waals surface area contributed by atoms with Crippen LogP contribution in [0, 0.1) is 11.8 Å². The molecule has 2 atom stereocenters. The Morgan fingerprint density at radius 2 is 1.77 bits per heavy atom. The maximum atomic E-state index is 13.4. The van der Waals surface area contributed by atoms with Crippen molar-refractivity contribution >= 4 is 33.4 Å². The first-order chi connectivity index (χ1) is 14.4. The Balaban J connectivity index is 1.64. The summed E-state index contributed by atoms with van der Waals surface area (Å²) in [5.74, 6) is 1.47. The van der Waals surface area contributed by atoms with Crippen LogP contribution in [0.4, 0.5) is 5.69 Å². The standard InChI is InChI=1S/C23H28N2O3S2/c1-17-13-18(2)16-24(15-17)30(27,28)20-8-5-7-19(14-20)23(26)25-11-6-12-29-22-10-4-3-9-21(22)25/h3-5,7-10,14,17-18H,6,11-13,15-16H2,1-2H3. The minimum absolute atomic E-state index is 0.151. The lowest BCUT2D eigenvalue weighted by molar-refractivity contribution is 0.0986. The fraction of sp³-hybridized carbons (Fsp3) is 0.435. The van der Waals surface area contributed by atoms with Gasteiger partial charge >= 0.3 is 0 Å². The van der Waals surface area contributed by atoms with Gasteiger partial charge < -0.3 is 4.90 Å². The molecule has 2 aromatic carbocycles. The first kappa shape index (κ1) is 21.4. The molecule has 160 valence electrons. The molecule has 2 heterocycles. The van der Waals surface area contributed by atoms with Crippen molar-refractivity contribution in [2.45, 2.75) is 36.5 Å². The number of hydrogen-bond donors (Lipinski definition) is 0. The Morgan fingerprint density at radius 3 is 2.53 bits per heavy atom. The molecule has 2 aliphatic rings. The van der Waals surface area contributed by atoms with E-state index in [1.165, 1.54) is 0 Å². The number of amides is 1. The van der Waals surface area contributed by atoms with E-state index in [1.54, 1.807) is 45.2 Å². The highest BCUT2D eigenvalue weighted by Gasteiger charge is 2.32. The van der Waals surface area contributed by atoms with E-state index >= 15 is 0 Å². The van der Waals surface area contributed by atoms with Crippen molar-refractivity contribution in [3.8, 4) is 0 Å². The van der Waals surface area contributed by atoms with Crippen LogP contribution in [0.3, 0.4) is 0 Å². The predicted octanol–water partition coefficient (Wildman–Crippen LogP) is 4.50. The average Bonchev–Trinajstić information content (AvgIpc) is 2.95. The summed E-state index contributed by atoms with van der Waals surface area (Å²) in [7, 11) is -3.62. The first-order valence-corrected chi connectivity index (χ1v) is 12.9. The Kier molecular flexibility index (Phi) is 6.23. The summed E-state index contributed by atoms with van der Waals surface area (Å²) in [6.07, 6.45) is 1.93. The van der Waals surface area contributed by atoms with Gasteiger partial charge in [-0.2, -0.15) is 4.31 Å². The zero-order valence-electron chi connectivity index (χ0n) is 17.5. The SMILES string of the molecule is CC1CC(C)CN(S(=O)(=O)c2cccc(C(=O)N3CCCSc4ccccc43)c2)C1. The summed E-state index contributed by atoms with van der Waals surface area (Å²) in [6.45, 7) is 5.87. The van der Waals surface area contributed by atoms with Crippen LogP contribution in [-0.4, -0.2) is 44.0 Å². The molecule has 0 spiro atoms. The zero-order valence-corrected chi connectivity index (χ0v) is 19.1. The van der Waals surface area contributed by atoms with Crippen molar-refractivity contribution in [1.29, 1.82) is 0 Å². The second-order valence-electron chi connectivity index (χ2n) is 8.42. The van der Waals surface area contributed by atoms with Crippen LogP contribution in [0.25, 0.3) is 0 Å². The lowest BCUT2D eigenvalue weighted by Crippen LogP contribution is -2.42. The third-order valence-corrected chi connectivity index (χ3v) is 8.72. The molecule has 0 saturated carbocycles. The normalized spacial score (nSPS) is 22.9. The van der Waals surface area contributed by atoms with Crippen LogP contribution in [-0.2, 0) is 10.0 Å². The van der Waals surface area contributed by atoms with Crippen LogP contribution < -0.4 is 4.90 Å². The summed E-state index contributed by atoms with van der Waals surface area (Å²) >= 11 is 1.76. The van der Waals surface area contributed by atoms with Crippen molar-refractivity contribution in [3.63, 3.8) is 0 Å². The second-order valence-corrected chi connectivity index (χ2v) is 11.5. The number of piperidine rings is 1. The van der Waals surface area contributed by atoms with Gasteiger partial charge in [0.15, 0.2) is 0 Å². The van der Waals surface area contributed by atoms with Crippen LogP contribution >= 0.6 is 11.8 Å². The van der Waals surface area contributed by atoms with Gasteiger partial charge in [-0.1, -0.05) is 32.0 Å². The fourth-order valence-corrected chi connectivity index (χ4v) is 7.16. The van der Waals surface area contributed by atoms with Crippen molar-refractivity contribution in [3.05, 3.63) is 54.1 Å². The maximum Gasteiger partial charge on any atom is 0.258 e. The highest BCUT2D eigenvalue weighted by atomic mass is 32.2. The van der Waals surface area contributed by atoms with Gasteiger partial charge in [-0.05, 0) is 60.8 Å². The summed E-state index contributed by atoms with van der Waals surface area (Å²) in [5, 5.41) is 0. The summed E-state index contributed by atoms with van der Waals surface area (Å²) in [6, 6.07) is 14.4. The Labute approximate surface area is 183 Å². The monoisotopic (exact) mass is 444 g/mol. The van der Waals surface area contributed by atoms with Crippen molar-refractivity contribution in [2.75, 3.05) is 30.3 Å². The number of fused-ring (bicyclic) bond motifs is 1. The van der Waals surface area contributed by atoms with E-state index in [9.17, 15) is 13.2 Å². The fourth-order valence-electron chi connectivity index (χ4n) is 4.43. The Hall–Kier alpha value is -1.83. The number of carbonyl (C=O) groups is 1. The van der Waals surface area contributed by atoms with E-state index < -0.39 is 10.0 Å². The number of benzene rings is 2. The molecule has 0 aliphatic carbocycles. The maximum absolute atomic E-state index is 13.4. The minimum atomic E-state index is -3.62. The summed E-state index contributed by atoms with van der Waals surface area (Å²) in [4.78, 5) is 16.5. The predicted molar refractivity (Wildman–Crippen MR) is 122 cm³/mol. The van der Waals surface area contributed by atoms with E-state index in [1.807, 2.05) is 24.3 Å². The van der Waals surface area contributed by atoms with Gasteiger partial charge in [0.05, 0.1) is 10.6 Å². The average molecular weight is 445 g/mol. The number of rotatable bonds is 3. The number of para-hydroxylation sites is 1. The molecule has 5 nitrogen and oxygen atoms in total. The number of nitrogens with zero attached hydrogens (tertiary/aromatic N) is 2. The van der Waals surface area contributed by atoms with Crippen molar-refractivity contribution < 1.29 is 13.2 Å². The van der Waals surface area contributed by atoms with Crippen LogP contribution in [0.5, 0.6) is 0 Å². The molecule has 0 N–H and O–H groups in total. The van der Waals surface area contributed by atoms with E-state index in [0.717, 1.165) is 29.2 Å². The van der Waals surface area contributed by atoms with E-state index in [-0.39, 0.29) is 10.8 Å². The molecule has 7 heteroatoms. The van der Waals surface area contributed by atoms with Gasteiger partial charge in [0.25, 0.3) is 5.91 Å². The van der Waals surface area contributed by atoms with Gasteiger partial charge in [-0.25, -0.2) is 8.42 Å². The Morgan fingerprint density at radius 1 is 1.03 bits per heavy atom. The van der Waals surface area contributed by atoms with Gasteiger partial charge in [-0.3, -0.25) is 4.79 Å². The molecule has 0 radical (unpaired) electrons. The molecule has 2 unspecified atom stereocenters. The smallest absolute Gasteiger partial charge is 0.258 e. The third kappa shape index (κ3) is 4.29.